The monoisotopic (exact) mass is 546 g/mol. The van der Waals surface area contributed by atoms with Crippen LogP contribution in [0.3, 0.4) is 0 Å². The molecule has 1 aromatic heterocycles. The standard InChI is InChI=1S/C29H30N4O5S/c1-29-25(28(37)33(29)16-19-9-6-14-38-19)32(17-39-29)27(36)24(34)23(15-18-7-3-2-4-8-18)31-26(35)21-10-5-11-22-20(21)12-13-30-22/h2-11,14,23-25,30,34H,12-13,15-17H2,1H3,(H,31,35)/t23-,24-,25+,29?/m0/s1. The van der Waals surface area contributed by atoms with Crippen LogP contribution in [-0.2, 0) is 29.0 Å². The summed E-state index contributed by atoms with van der Waals surface area (Å²) in [4.78, 5) is 42.8. The van der Waals surface area contributed by atoms with Crippen LogP contribution in [0.1, 0.15) is 34.2 Å². The molecule has 202 valence electrons. The summed E-state index contributed by atoms with van der Waals surface area (Å²) < 4.78 is 5.42. The number of benzene rings is 2. The molecule has 3 aliphatic heterocycles. The zero-order valence-electron chi connectivity index (χ0n) is 21.5. The third-order valence-corrected chi connectivity index (χ3v) is 9.32. The number of nitrogens with zero attached hydrogens (tertiary/aromatic N) is 2. The molecule has 6 rings (SSSR count). The zero-order valence-corrected chi connectivity index (χ0v) is 22.3. The first-order valence-electron chi connectivity index (χ1n) is 13.0. The van der Waals surface area contributed by atoms with Gasteiger partial charge in [0, 0.05) is 17.8 Å². The Morgan fingerprint density at radius 3 is 2.77 bits per heavy atom. The number of likely N-dealkylation sites (tertiary alicyclic amines) is 1. The first kappa shape index (κ1) is 25.5. The van der Waals surface area contributed by atoms with Crippen LogP contribution in [0.5, 0.6) is 0 Å². The van der Waals surface area contributed by atoms with Crippen LogP contribution in [0.25, 0.3) is 0 Å². The van der Waals surface area contributed by atoms with Gasteiger partial charge < -0.3 is 30.0 Å². The van der Waals surface area contributed by atoms with Crippen molar-refractivity contribution in [3.05, 3.63) is 89.4 Å². The number of hydrogen-bond acceptors (Lipinski definition) is 7. The Bertz CT molecular complexity index is 1400. The van der Waals surface area contributed by atoms with Crippen LogP contribution in [0.2, 0.25) is 0 Å². The number of aliphatic hydroxyl groups excluding tert-OH is 1. The molecule has 2 saturated heterocycles. The summed E-state index contributed by atoms with van der Waals surface area (Å²) in [6, 6.07) is 17.0. The SMILES string of the molecule is CC12SCN(C(=O)[C@@H](O)[C@H](Cc3ccccc3)NC(=O)c3cccc4c3CCN4)[C@@H]1C(=O)N2Cc1ccco1. The highest BCUT2D eigenvalue weighted by atomic mass is 32.2. The molecule has 4 atom stereocenters. The van der Waals surface area contributed by atoms with Gasteiger partial charge in [-0.25, -0.2) is 0 Å². The molecule has 2 aromatic carbocycles. The number of nitrogens with one attached hydrogen (secondary N) is 2. The minimum absolute atomic E-state index is 0.185. The van der Waals surface area contributed by atoms with Gasteiger partial charge in [-0.05, 0) is 55.2 Å². The molecule has 1 unspecified atom stereocenters. The highest BCUT2D eigenvalue weighted by Gasteiger charge is 2.65. The molecule has 2 fully saturated rings. The number of hydrogen-bond donors (Lipinski definition) is 3. The summed E-state index contributed by atoms with van der Waals surface area (Å²) >= 11 is 1.49. The summed E-state index contributed by atoms with van der Waals surface area (Å²) in [7, 11) is 0. The Hall–Kier alpha value is -3.76. The number of rotatable bonds is 8. The molecule has 9 nitrogen and oxygen atoms in total. The minimum Gasteiger partial charge on any atom is -0.467 e. The largest absolute Gasteiger partial charge is 0.467 e. The maximum atomic E-state index is 13.7. The number of fused-ring (bicyclic) bond motifs is 2. The Balaban J connectivity index is 1.21. The molecule has 10 heteroatoms. The van der Waals surface area contributed by atoms with Crippen molar-refractivity contribution in [2.24, 2.45) is 0 Å². The molecule has 3 aliphatic rings. The van der Waals surface area contributed by atoms with E-state index in [0.717, 1.165) is 29.8 Å². The summed E-state index contributed by atoms with van der Waals surface area (Å²) in [6.07, 6.45) is 1.02. The molecule has 3 amide bonds. The van der Waals surface area contributed by atoms with Gasteiger partial charge in [-0.1, -0.05) is 36.4 Å². The van der Waals surface area contributed by atoms with Crippen molar-refractivity contribution in [3.63, 3.8) is 0 Å². The normalized spacial score (nSPS) is 22.9. The highest BCUT2D eigenvalue weighted by Crippen LogP contribution is 2.51. The number of β-lactam (4-membered cyclic amide) rings is 1. The lowest BCUT2D eigenvalue weighted by atomic mass is 9.92. The second-order valence-corrected chi connectivity index (χ2v) is 11.6. The lowest BCUT2D eigenvalue weighted by Gasteiger charge is -2.52. The van der Waals surface area contributed by atoms with Gasteiger partial charge in [0.05, 0.1) is 24.7 Å². The molecule has 0 bridgehead atoms. The molecule has 4 heterocycles. The van der Waals surface area contributed by atoms with E-state index in [0.29, 0.717) is 17.9 Å². The van der Waals surface area contributed by atoms with Crippen molar-refractivity contribution in [1.29, 1.82) is 0 Å². The van der Waals surface area contributed by atoms with Crippen molar-refractivity contribution >= 4 is 35.2 Å². The van der Waals surface area contributed by atoms with Crippen molar-refractivity contribution in [3.8, 4) is 0 Å². The van der Waals surface area contributed by atoms with Crippen molar-refractivity contribution in [1.82, 2.24) is 15.1 Å². The summed E-state index contributed by atoms with van der Waals surface area (Å²) in [5.74, 6) is -0.157. The van der Waals surface area contributed by atoms with E-state index in [-0.39, 0.29) is 24.1 Å². The van der Waals surface area contributed by atoms with Crippen LogP contribution in [0.4, 0.5) is 5.69 Å². The van der Waals surface area contributed by atoms with Gasteiger partial charge in [-0.3, -0.25) is 14.4 Å². The fourth-order valence-electron chi connectivity index (χ4n) is 5.77. The van der Waals surface area contributed by atoms with Gasteiger partial charge in [-0.2, -0.15) is 0 Å². The van der Waals surface area contributed by atoms with Crippen LogP contribution in [-0.4, -0.2) is 68.1 Å². The average molecular weight is 547 g/mol. The van der Waals surface area contributed by atoms with E-state index in [9.17, 15) is 19.5 Å². The van der Waals surface area contributed by atoms with Crippen molar-refractivity contribution in [2.75, 3.05) is 17.7 Å². The lowest BCUT2D eigenvalue weighted by Crippen LogP contribution is -2.73. The molecule has 39 heavy (non-hydrogen) atoms. The maximum absolute atomic E-state index is 13.7. The molecule has 0 saturated carbocycles. The molecule has 0 spiro atoms. The van der Waals surface area contributed by atoms with E-state index in [1.54, 1.807) is 23.3 Å². The highest BCUT2D eigenvalue weighted by molar-refractivity contribution is 8.01. The van der Waals surface area contributed by atoms with E-state index in [1.165, 1.54) is 16.7 Å². The second kappa shape index (κ2) is 10.1. The third-order valence-electron chi connectivity index (χ3n) is 7.89. The van der Waals surface area contributed by atoms with E-state index < -0.39 is 29.0 Å². The predicted molar refractivity (Wildman–Crippen MR) is 147 cm³/mol. The van der Waals surface area contributed by atoms with Gasteiger partial charge in [-0.15, -0.1) is 11.8 Å². The number of amides is 3. The van der Waals surface area contributed by atoms with Gasteiger partial charge in [0.25, 0.3) is 11.8 Å². The quantitative estimate of drug-likeness (QED) is 0.372. The van der Waals surface area contributed by atoms with Gasteiger partial charge in [0.1, 0.15) is 16.7 Å². The number of thioether (sulfide) groups is 1. The Morgan fingerprint density at radius 1 is 1.18 bits per heavy atom. The maximum Gasteiger partial charge on any atom is 0.255 e. The number of anilines is 1. The van der Waals surface area contributed by atoms with E-state index in [1.807, 2.05) is 55.5 Å². The minimum atomic E-state index is -1.53. The Labute approximate surface area is 230 Å². The van der Waals surface area contributed by atoms with Crippen molar-refractivity contribution in [2.45, 2.75) is 49.4 Å². The van der Waals surface area contributed by atoms with Gasteiger partial charge in [0.15, 0.2) is 6.10 Å². The fourth-order valence-corrected chi connectivity index (χ4v) is 7.14. The first-order valence-corrected chi connectivity index (χ1v) is 14.0. The van der Waals surface area contributed by atoms with Gasteiger partial charge >= 0.3 is 0 Å². The molecular formula is C29H30N4O5S. The number of carbonyl (C=O) groups excluding carboxylic acids is 3. The average Bonchev–Trinajstić information content (AvgIpc) is 3.70. The van der Waals surface area contributed by atoms with E-state index in [2.05, 4.69) is 10.6 Å². The second-order valence-electron chi connectivity index (χ2n) is 10.3. The number of aliphatic hydroxyl groups is 1. The van der Waals surface area contributed by atoms with Crippen molar-refractivity contribution < 1.29 is 23.9 Å². The smallest absolute Gasteiger partial charge is 0.255 e. The fraction of sp³-hybridized carbons (Fsp3) is 0.345. The van der Waals surface area contributed by atoms with Gasteiger partial charge in [0.2, 0.25) is 5.91 Å². The molecular weight excluding hydrogens is 516 g/mol. The van der Waals surface area contributed by atoms with Crippen LogP contribution in [0.15, 0.2) is 71.3 Å². The molecule has 0 aliphatic carbocycles. The van der Waals surface area contributed by atoms with E-state index >= 15 is 0 Å². The third kappa shape index (κ3) is 4.47. The lowest BCUT2D eigenvalue weighted by molar-refractivity contribution is -0.168. The Kier molecular flexibility index (Phi) is 6.60. The summed E-state index contributed by atoms with van der Waals surface area (Å²) in [5.41, 5.74) is 3.26. The van der Waals surface area contributed by atoms with Crippen LogP contribution >= 0.6 is 11.8 Å². The number of carbonyl (C=O) groups is 3. The molecule has 3 aromatic rings. The zero-order chi connectivity index (χ0) is 27.1. The summed E-state index contributed by atoms with van der Waals surface area (Å²) in [5, 5.41) is 17.6. The first-order chi connectivity index (χ1) is 18.9. The predicted octanol–water partition coefficient (Wildman–Crippen LogP) is 2.61. The number of furan rings is 1. The Morgan fingerprint density at radius 2 is 2.00 bits per heavy atom. The van der Waals surface area contributed by atoms with E-state index in [4.69, 9.17) is 4.42 Å². The summed E-state index contributed by atoms with van der Waals surface area (Å²) in [6.45, 7) is 3.00. The molecule has 3 N–H and O–H groups in total. The van der Waals surface area contributed by atoms with Crippen LogP contribution in [0, 0.1) is 0 Å². The molecule has 0 radical (unpaired) electrons. The van der Waals surface area contributed by atoms with Crippen LogP contribution < -0.4 is 10.6 Å². The topological polar surface area (TPSA) is 115 Å².